The van der Waals surface area contributed by atoms with Crippen LogP contribution in [-0.2, 0) is 33.3 Å². The second kappa shape index (κ2) is 42.5. The lowest BCUT2D eigenvalue weighted by atomic mass is 10.0. The number of carboxylic acid groups (broad SMARTS) is 1. The third kappa shape index (κ3) is 43.7. The van der Waals surface area contributed by atoms with Crippen molar-refractivity contribution in [3.63, 3.8) is 0 Å². The molecule has 0 rings (SSSR count). The van der Waals surface area contributed by atoms with E-state index in [0.29, 0.717) is 23.9 Å². The van der Waals surface area contributed by atoms with E-state index in [1.807, 2.05) is 21.1 Å². The molecule has 0 aromatic rings. The topological polar surface area (TPSA) is 111 Å². The van der Waals surface area contributed by atoms with Crippen LogP contribution in [0.2, 0.25) is 0 Å². The van der Waals surface area contributed by atoms with Crippen LogP contribution in [0.1, 0.15) is 219 Å². The zero-order valence-corrected chi connectivity index (χ0v) is 39.1. The first-order valence-electron chi connectivity index (χ1n) is 24.5. The molecule has 0 saturated carbocycles. The number of hydrogen-bond acceptors (Lipinski definition) is 8. The number of likely N-dealkylation sites (N-methyl/N-ethyl adjacent to an activating group) is 1. The lowest BCUT2D eigenvalue weighted by Crippen LogP contribution is -2.44. The molecule has 0 spiro atoms. The van der Waals surface area contributed by atoms with Gasteiger partial charge in [-0.3, -0.25) is 9.59 Å². The molecule has 0 N–H and O–H groups in total. The fourth-order valence-electron chi connectivity index (χ4n) is 6.86. The largest absolute Gasteiger partial charge is 0.545 e. The van der Waals surface area contributed by atoms with Crippen LogP contribution in [0.4, 0.5) is 0 Å². The molecule has 2 atom stereocenters. The molecular weight excluding hydrogens is 743 g/mol. The number of nitrogens with zero attached hydrogens (tertiary/aromatic N) is 1. The molecule has 0 aromatic heterocycles. The monoisotopic (exact) mass is 836 g/mol. The summed E-state index contributed by atoms with van der Waals surface area (Å²) in [5.41, 5.74) is 0. The van der Waals surface area contributed by atoms with E-state index in [4.69, 9.17) is 18.9 Å². The molecule has 0 radical (unpaired) electrons. The Morgan fingerprint density at radius 2 is 0.915 bits per heavy atom. The highest BCUT2D eigenvalue weighted by Gasteiger charge is 2.21. The molecule has 59 heavy (non-hydrogen) atoms. The van der Waals surface area contributed by atoms with Crippen molar-refractivity contribution in [2.24, 2.45) is 0 Å². The number of carbonyl (C=O) groups is 3. The summed E-state index contributed by atoms with van der Waals surface area (Å²) in [6.45, 7) is 4.74. The maximum absolute atomic E-state index is 12.8. The maximum atomic E-state index is 12.8. The number of hydrogen-bond donors (Lipinski definition) is 0. The summed E-state index contributed by atoms with van der Waals surface area (Å²) in [6.07, 6.45) is 43.5. The van der Waals surface area contributed by atoms with Gasteiger partial charge in [-0.2, -0.15) is 0 Å². The van der Waals surface area contributed by atoms with Gasteiger partial charge in [-0.15, -0.1) is 0 Å². The van der Waals surface area contributed by atoms with Gasteiger partial charge in [0, 0.05) is 12.8 Å². The van der Waals surface area contributed by atoms with Crippen molar-refractivity contribution in [2.75, 3.05) is 47.5 Å². The van der Waals surface area contributed by atoms with Crippen molar-refractivity contribution < 1.29 is 42.9 Å². The molecule has 0 fully saturated rings. The third-order valence-electron chi connectivity index (χ3n) is 10.7. The first kappa shape index (κ1) is 56.8. The quantitative estimate of drug-likeness (QED) is 0.0196. The first-order valence-corrected chi connectivity index (χ1v) is 24.5. The molecule has 0 heterocycles. The van der Waals surface area contributed by atoms with E-state index >= 15 is 0 Å². The number of carbonyl (C=O) groups excluding carboxylic acids is 3. The van der Waals surface area contributed by atoms with Crippen LogP contribution in [0.15, 0.2) is 24.3 Å². The number of ether oxygens (including phenoxy) is 4. The van der Waals surface area contributed by atoms with Crippen LogP contribution in [0.25, 0.3) is 0 Å². The molecule has 9 nitrogen and oxygen atoms in total. The second-order valence-electron chi connectivity index (χ2n) is 17.8. The Morgan fingerprint density at radius 1 is 0.508 bits per heavy atom. The van der Waals surface area contributed by atoms with Gasteiger partial charge in [-0.05, 0) is 44.9 Å². The molecule has 9 heteroatoms. The van der Waals surface area contributed by atoms with Crippen molar-refractivity contribution in [3.05, 3.63) is 24.3 Å². The van der Waals surface area contributed by atoms with Gasteiger partial charge in [0.1, 0.15) is 13.2 Å². The number of rotatable bonds is 45. The lowest BCUT2D eigenvalue weighted by molar-refractivity contribution is -0.870. The number of unbranched alkanes of at least 4 members (excludes halogenated alkanes) is 26. The minimum Gasteiger partial charge on any atom is -0.545 e. The van der Waals surface area contributed by atoms with Crippen LogP contribution in [0.3, 0.4) is 0 Å². The highest BCUT2D eigenvalue weighted by Crippen LogP contribution is 2.15. The van der Waals surface area contributed by atoms with Gasteiger partial charge in [0.2, 0.25) is 0 Å². The van der Waals surface area contributed by atoms with Crippen LogP contribution in [0, 0.1) is 0 Å². The van der Waals surface area contributed by atoms with Gasteiger partial charge in [-0.1, -0.05) is 186 Å². The Bertz CT molecular complexity index is 1020. The highest BCUT2D eigenvalue weighted by molar-refractivity contribution is 5.70. The first-order chi connectivity index (χ1) is 28.6. The van der Waals surface area contributed by atoms with Crippen LogP contribution < -0.4 is 5.11 Å². The average molecular weight is 836 g/mol. The van der Waals surface area contributed by atoms with Gasteiger partial charge in [0.05, 0.1) is 40.3 Å². The summed E-state index contributed by atoms with van der Waals surface area (Å²) in [4.78, 5) is 37.0. The molecule has 0 aliphatic rings. The normalized spacial score (nSPS) is 13.0. The van der Waals surface area contributed by atoms with E-state index in [1.165, 1.54) is 141 Å². The molecule has 0 aliphatic carbocycles. The van der Waals surface area contributed by atoms with E-state index < -0.39 is 24.3 Å². The summed E-state index contributed by atoms with van der Waals surface area (Å²) in [5.74, 6) is -2.28. The highest BCUT2D eigenvalue weighted by atomic mass is 16.7. The predicted molar refractivity (Wildman–Crippen MR) is 242 cm³/mol. The molecule has 0 bridgehead atoms. The average Bonchev–Trinajstić information content (AvgIpc) is 3.19. The smallest absolute Gasteiger partial charge is 0.306 e. The van der Waals surface area contributed by atoms with E-state index in [-0.39, 0.29) is 32.2 Å². The summed E-state index contributed by atoms with van der Waals surface area (Å²) < 4.78 is 22.6. The fraction of sp³-hybridized carbons (Fsp3) is 0.860. The van der Waals surface area contributed by atoms with E-state index in [1.54, 1.807) is 0 Å². The minimum atomic E-state index is -1.62. The Kier molecular flexibility index (Phi) is 40.9. The molecule has 0 saturated heterocycles. The molecule has 0 aliphatic heterocycles. The maximum Gasteiger partial charge on any atom is 0.306 e. The summed E-state index contributed by atoms with van der Waals surface area (Å²) in [6, 6.07) is 0. The summed E-state index contributed by atoms with van der Waals surface area (Å²) in [7, 11) is 5.91. The van der Waals surface area contributed by atoms with Gasteiger partial charge < -0.3 is 33.3 Å². The third-order valence-corrected chi connectivity index (χ3v) is 10.7. The van der Waals surface area contributed by atoms with Crippen LogP contribution >= 0.6 is 0 Å². The SMILES string of the molecule is CCCCCCC/C=C\C/C=C\CCCCCCCCCCCCCC(=O)OC(COC(=O)CCCCCCCCCCCCC)COC(OCC[N+](C)(C)C)C(=O)[O-]. The fourth-order valence-corrected chi connectivity index (χ4v) is 6.86. The van der Waals surface area contributed by atoms with E-state index in [9.17, 15) is 19.5 Å². The van der Waals surface area contributed by atoms with Gasteiger partial charge in [0.25, 0.3) is 0 Å². The molecule has 0 amide bonds. The summed E-state index contributed by atoms with van der Waals surface area (Å²) in [5, 5.41) is 11.7. The Morgan fingerprint density at radius 3 is 1.34 bits per heavy atom. The van der Waals surface area contributed by atoms with Gasteiger partial charge >= 0.3 is 11.9 Å². The number of aliphatic carboxylic acids is 1. The van der Waals surface area contributed by atoms with Crippen molar-refractivity contribution in [1.82, 2.24) is 0 Å². The van der Waals surface area contributed by atoms with E-state index in [0.717, 1.165) is 44.9 Å². The Labute approximate surface area is 363 Å². The number of quaternary nitrogens is 1. The standard InChI is InChI=1S/C50H93NO8/c1-6-8-10-12-14-16-18-19-20-21-22-23-24-25-26-27-28-29-31-33-35-37-39-41-48(53)59-46(45-58-50(49(54)55)56-43-42-51(3,4)5)44-57-47(52)40-38-36-34-32-30-17-15-13-11-9-7-2/h18-19,21-22,46,50H,6-17,20,23-45H2,1-5H3/b19-18-,22-21-. The van der Waals surface area contributed by atoms with Gasteiger partial charge in [-0.25, -0.2) is 0 Å². The predicted octanol–water partition coefficient (Wildman–Crippen LogP) is 11.9. The van der Waals surface area contributed by atoms with Crippen molar-refractivity contribution in [3.8, 4) is 0 Å². The Balaban J connectivity index is 4.28. The molecule has 0 aromatic carbocycles. The molecular formula is C50H93NO8. The second-order valence-corrected chi connectivity index (χ2v) is 17.8. The van der Waals surface area contributed by atoms with Crippen molar-refractivity contribution >= 4 is 17.9 Å². The number of carboxylic acids is 1. The number of allylic oxidation sites excluding steroid dienone is 4. The molecule has 346 valence electrons. The van der Waals surface area contributed by atoms with Crippen LogP contribution in [0.5, 0.6) is 0 Å². The Hall–Kier alpha value is -2.23. The zero-order valence-electron chi connectivity index (χ0n) is 39.1. The minimum absolute atomic E-state index is 0.149. The zero-order chi connectivity index (χ0) is 43.5. The molecule has 2 unspecified atom stereocenters. The van der Waals surface area contributed by atoms with Crippen molar-refractivity contribution in [2.45, 2.75) is 232 Å². The number of esters is 2. The van der Waals surface area contributed by atoms with E-state index in [2.05, 4.69) is 38.2 Å². The summed E-state index contributed by atoms with van der Waals surface area (Å²) >= 11 is 0. The van der Waals surface area contributed by atoms with Crippen LogP contribution in [-0.4, -0.2) is 82.3 Å². The lowest BCUT2D eigenvalue weighted by Gasteiger charge is -2.26. The van der Waals surface area contributed by atoms with Gasteiger partial charge in [0.15, 0.2) is 12.4 Å². The van der Waals surface area contributed by atoms with Crippen molar-refractivity contribution in [1.29, 1.82) is 0 Å².